The minimum absolute atomic E-state index is 0.0210. The first-order chi connectivity index (χ1) is 11.3. The number of hydrogen-bond donors (Lipinski definition) is 2. The molecular formula is C17H22N4O2. The number of pyridine rings is 2. The van der Waals surface area contributed by atoms with Gasteiger partial charge in [-0.05, 0) is 50.4 Å². The van der Waals surface area contributed by atoms with Gasteiger partial charge in [0, 0.05) is 18.7 Å². The largest absolute Gasteiger partial charge is 0.481 e. The van der Waals surface area contributed by atoms with Crippen LogP contribution in [0.4, 0.5) is 5.69 Å². The van der Waals surface area contributed by atoms with Gasteiger partial charge in [-0.15, -0.1) is 0 Å². The van der Waals surface area contributed by atoms with Crippen molar-refractivity contribution in [3.8, 4) is 5.88 Å². The third-order valence-corrected chi connectivity index (χ3v) is 4.22. The lowest BCUT2D eigenvalue weighted by Gasteiger charge is -2.22. The van der Waals surface area contributed by atoms with E-state index in [0.717, 1.165) is 25.0 Å². The summed E-state index contributed by atoms with van der Waals surface area (Å²) < 4.78 is 5.15. The van der Waals surface area contributed by atoms with Crippen molar-refractivity contribution in [3.63, 3.8) is 0 Å². The molecule has 6 nitrogen and oxygen atoms in total. The Bertz CT molecular complexity index is 683. The molecule has 1 amide bonds. The second-order valence-electron chi connectivity index (χ2n) is 5.88. The molecule has 23 heavy (non-hydrogen) atoms. The van der Waals surface area contributed by atoms with Gasteiger partial charge < -0.3 is 15.4 Å². The van der Waals surface area contributed by atoms with Gasteiger partial charge >= 0.3 is 0 Å². The summed E-state index contributed by atoms with van der Waals surface area (Å²) in [7, 11) is 1.57. The molecule has 0 radical (unpaired) electrons. The Morgan fingerprint density at radius 2 is 2.35 bits per heavy atom. The first kappa shape index (κ1) is 15.7. The predicted molar refractivity (Wildman–Crippen MR) is 89.5 cm³/mol. The Morgan fingerprint density at radius 3 is 3.13 bits per heavy atom. The summed E-state index contributed by atoms with van der Waals surface area (Å²) in [5, 5.41) is 6.34. The zero-order valence-electron chi connectivity index (χ0n) is 13.3. The lowest BCUT2D eigenvalue weighted by atomic mass is 9.94. The zero-order chi connectivity index (χ0) is 16.1. The molecule has 1 saturated heterocycles. The molecule has 0 bridgehead atoms. The van der Waals surface area contributed by atoms with E-state index < -0.39 is 0 Å². The second kappa shape index (κ2) is 7.37. The van der Waals surface area contributed by atoms with E-state index >= 15 is 0 Å². The number of nitrogens with one attached hydrogen (secondary N) is 2. The zero-order valence-corrected chi connectivity index (χ0v) is 13.3. The number of nitrogens with zero attached hydrogens (tertiary/aromatic N) is 2. The third-order valence-electron chi connectivity index (χ3n) is 4.22. The van der Waals surface area contributed by atoms with Gasteiger partial charge in [0.05, 0.1) is 18.3 Å². The van der Waals surface area contributed by atoms with Gasteiger partial charge in [-0.2, -0.15) is 0 Å². The Hall–Kier alpha value is -2.21. The summed E-state index contributed by atoms with van der Waals surface area (Å²) in [6.45, 7) is 2.11. The number of piperidine rings is 1. The van der Waals surface area contributed by atoms with Crippen LogP contribution < -0.4 is 15.4 Å². The van der Waals surface area contributed by atoms with E-state index in [2.05, 4.69) is 20.6 Å². The van der Waals surface area contributed by atoms with Crippen LogP contribution in [0.15, 0.2) is 24.4 Å². The summed E-state index contributed by atoms with van der Waals surface area (Å²) in [6.07, 6.45) is 5.53. The maximum Gasteiger partial charge on any atom is 0.224 e. The quantitative estimate of drug-likeness (QED) is 0.886. The van der Waals surface area contributed by atoms with Crippen LogP contribution in [0.3, 0.4) is 0 Å². The van der Waals surface area contributed by atoms with Crippen molar-refractivity contribution < 1.29 is 9.53 Å². The number of methoxy groups -OCH3 is 1. The molecule has 2 aromatic rings. The molecule has 1 unspecified atom stereocenters. The molecular weight excluding hydrogens is 292 g/mol. The average Bonchev–Trinajstić information content (AvgIpc) is 2.61. The van der Waals surface area contributed by atoms with Gasteiger partial charge in [-0.3, -0.25) is 9.78 Å². The normalized spacial score (nSPS) is 17.9. The molecule has 6 heteroatoms. The molecule has 3 heterocycles. The molecule has 3 rings (SSSR count). The molecule has 0 saturated carbocycles. The van der Waals surface area contributed by atoms with Crippen LogP contribution in [-0.2, 0) is 4.79 Å². The van der Waals surface area contributed by atoms with E-state index in [1.807, 2.05) is 6.07 Å². The highest BCUT2D eigenvalue weighted by Gasteiger charge is 2.15. The van der Waals surface area contributed by atoms with Crippen molar-refractivity contribution in [2.45, 2.75) is 25.7 Å². The summed E-state index contributed by atoms with van der Waals surface area (Å²) in [4.78, 5) is 20.9. The summed E-state index contributed by atoms with van der Waals surface area (Å²) in [6, 6.07) is 5.37. The Balaban J connectivity index is 1.66. The Labute approximate surface area is 135 Å². The first-order valence-electron chi connectivity index (χ1n) is 8.06. The van der Waals surface area contributed by atoms with E-state index in [1.165, 1.54) is 12.8 Å². The highest BCUT2D eigenvalue weighted by molar-refractivity contribution is 5.99. The smallest absolute Gasteiger partial charge is 0.224 e. The minimum atomic E-state index is 0.0210. The van der Waals surface area contributed by atoms with Crippen molar-refractivity contribution in [2.75, 3.05) is 25.5 Å². The molecule has 0 aliphatic carbocycles. The maximum absolute atomic E-state index is 12.2. The number of rotatable bonds is 5. The van der Waals surface area contributed by atoms with Gasteiger partial charge in [-0.25, -0.2) is 4.98 Å². The van der Waals surface area contributed by atoms with Crippen molar-refractivity contribution in [3.05, 3.63) is 24.4 Å². The van der Waals surface area contributed by atoms with E-state index in [4.69, 9.17) is 4.74 Å². The Morgan fingerprint density at radius 1 is 1.43 bits per heavy atom. The molecule has 1 aliphatic heterocycles. The highest BCUT2D eigenvalue weighted by atomic mass is 16.5. The summed E-state index contributed by atoms with van der Waals surface area (Å²) in [5.74, 6) is 1.13. The van der Waals surface area contributed by atoms with Crippen LogP contribution in [0.5, 0.6) is 5.88 Å². The van der Waals surface area contributed by atoms with Gasteiger partial charge in [0.25, 0.3) is 0 Å². The number of hydrogen-bond acceptors (Lipinski definition) is 5. The number of amides is 1. The van der Waals surface area contributed by atoms with Gasteiger partial charge in [-0.1, -0.05) is 0 Å². The molecule has 122 valence electrons. The maximum atomic E-state index is 12.2. The number of anilines is 1. The fraction of sp³-hybridized carbons (Fsp3) is 0.471. The van der Waals surface area contributed by atoms with Crippen LogP contribution in [0.25, 0.3) is 11.0 Å². The molecule has 1 fully saturated rings. The summed E-state index contributed by atoms with van der Waals surface area (Å²) >= 11 is 0. The van der Waals surface area contributed by atoms with E-state index in [-0.39, 0.29) is 5.91 Å². The lowest BCUT2D eigenvalue weighted by Crippen LogP contribution is -2.30. The number of aromatic nitrogens is 2. The van der Waals surface area contributed by atoms with Crippen LogP contribution in [0.2, 0.25) is 0 Å². The van der Waals surface area contributed by atoms with Gasteiger partial charge in [0.1, 0.15) is 5.52 Å². The SMILES string of the molecule is COc1ccc2nccc(NC(=O)CCC3CCCNC3)c2n1. The van der Waals surface area contributed by atoms with Crippen LogP contribution >= 0.6 is 0 Å². The molecule has 2 N–H and O–H groups in total. The Kier molecular flexibility index (Phi) is 5.02. The number of fused-ring (bicyclic) bond motifs is 1. The topological polar surface area (TPSA) is 76.1 Å². The van der Waals surface area contributed by atoms with Crippen molar-refractivity contribution in [2.24, 2.45) is 5.92 Å². The monoisotopic (exact) mass is 314 g/mol. The van der Waals surface area contributed by atoms with Crippen molar-refractivity contribution >= 4 is 22.6 Å². The van der Waals surface area contributed by atoms with Crippen LogP contribution in [-0.4, -0.2) is 36.1 Å². The summed E-state index contributed by atoms with van der Waals surface area (Å²) in [5.41, 5.74) is 2.07. The first-order valence-corrected chi connectivity index (χ1v) is 8.06. The second-order valence-corrected chi connectivity index (χ2v) is 5.88. The minimum Gasteiger partial charge on any atom is -0.481 e. The molecule has 1 aliphatic rings. The number of ether oxygens (including phenoxy) is 1. The van der Waals surface area contributed by atoms with Gasteiger partial charge in [0.2, 0.25) is 11.8 Å². The van der Waals surface area contributed by atoms with Crippen molar-refractivity contribution in [1.29, 1.82) is 0 Å². The number of carbonyl (C=O) groups excluding carboxylic acids is 1. The highest BCUT2D eigenvalue weighted by Crippen LogP contribution is 2.23. The van der Waals surface area contributed by atoms with Crippen LogP contribution in [0, 0.1) is 5.92 Å². The standard InChI is InChI=1S/C17H22N4O2/c1-23-16-7-5-13-17(21-16)14(8-10-19-13)20-15(22)6-4-12-3-2-9-18-11-12/h5,7-8,10,12,18H,2-4,6,9,11H2,1H3,(H,19,20,22). The lowest BCUT2D eigenvalue weighted by molar-refractivity contribution is -0.116. The van der Waals surface area contributed by atoms with Crippen LogP contribution in [0.1, 0.15) is 25.7 Å². The van der Waals surface area contributed by atoms with Crippen molar-refractivity contribution in [1.82, 2.24) is 15.3 Å². The predicted octanol–water partition coefficient (Wildman–Crippen LogP) is 2.36. The molecule has 2 aromatic heterocycles. The average molecular weight is 314 g/mol. The molecule has 1 atom stereocenters. The van der Waals surface area contributed by atoms with E-state index in [9.17, 15) is 4.79 Å². The fourth-order valence-corrected chi connectivity index (χ4v) is 2.94. The number of carbonyl (C=O) groups is 1. The van der Waals surface area contributed by atoms with E-state index in [0.29, 0.717) is 29.4 Å². The third kappa shape index (κ3) is 3.96. The van der Waals surface area contributed by atoms with Gasteiger partial charge in [0.15, 0.2) is 0 Å². The van der Waals surface area contributed by atoms with E-state index in [1.54, 1.807) is 25.4 Å². The molecule has 0 aromatic carbocycles. The molecule has 0 spiro atoms. The fourth-order valence-electron chi connectivity index (χ4n) is 2.94.